The van der Waals surface area contributed by atoms with E-state index in [2.05, 4.69) is 22.5 Å². The van der Waals surface area contributed by atoms with Crippen LogP contribution in [0.3, 0.4) is 0 Å². The lowest BCUT2D eigenvalue weighted by molar-refractivity contribution is 0.0827. The number of nitrogens with zero attached hydrogens (tertiary/aromatic N) is 2. The average molecular weight is 377 g/mol. The van der Waals surface area contributed by atoms with Crippen molar-refractivity contribution in [3.05, 3.63) is 29.8 Å². The maximum atomic E-state index is 11.9. The average Bonchev–Trinajstić information content (AvgIpc) is 2.65. The Labute approximate surface area is 163 Å². The topological polar surface area (TPSA) is 47.6 Å². The summed E-state index contributed by atoms with van der Waals surface area (Å²) >= 11 is 5.37. The number of hydrogen-bond donors (Lipinski definition) is 2. The number of carbonyl (C=O) groups excluding carboxylic acids is 1. The molecular formula is C20H32N4OS. The summed E-state index contributed by atoms with van der Waals surface area (Å²) < 4.78 is 0. The molecule has 6 heteroatoms. The van der Waals surface area contributed by atoms with E-state index < -0.39 is 0 Å². The molecule has 0 aromatic heterocycles. The quantitative estimate of drug-likeness (QED) is 0.565. The number of likely N-dealkylation sites (tertiary alicyclic amines) is 1. The molecule has 1 aromatic rings. The van der Waals surface area contributed by atoms with Crippen molar-refractivity contribution in [2.24, 2.45) is 0 Å². The Hall–Kier alpha value is -1.66. The van der Waals surface area contributed by atoms with Crippen LogP contribution in [0.5, 0.6) is 0 Å². The fraction of sp³-hybridized carbons (Fsp3) is 0.600. The number of benzene rings is 1. The molecule has 0 aliphatic carbocycles. The molecule has 1 heterocycles. The van der Waals surface area contributed by atoms with Crippen LogP contribution < -0.4 is 10.6 Å². The molecule has 1 aliphatic heterocycles. The molecule has 0 radical (unpaired) electrons. The van der Waals surface area contributed by atoms with E-state index in [1.54, 1.807) is 19.0 Å². The van der Waals surface area contributed by atoms with E-state index in [0.29, 0.717) is 10.7 Å². The van der Waals surface area contributed by atoms with E-state index in [0.717, 1.165) is 31.2 Å². The normalized spacial score (nSPS) is 17.6. The Bertz CT molecular complexity index is 588. The third-order valence-corrected chi connectivity index (χ3v) is 5.17. The first-order valence-electron chi connectivity index (χ1n) is 9.62. The third-order valence-electron chi connectivity index (χ3n) is 4.92. The predicted molar refractivity (Wildman–Crippen MR) is 113 cm³/mol. The van der Waals surface area contributed by atoms with Crippen LogP contribution in [0.2, 0.25) is 0 Å². The number of anilines is 1. The van der Waals surface area contributed by atoms with Gasteiger partial charge in [0, 0.05) is 44.5 Å². The van der Waals surface area contributed by atoms with Crippen LogP contribution in [0, 0.1) is 0 Å². The minimum Gasteiger partial charge on any atom is -0.362 e. The maximum absolute atomic E-state index is 11.9. The number of nitrogens with one attached hydrogen (secondary N) is 2. The Morgan fingerprint density at radius 3 is 2.65 bits per heavy atom. The van der Waals surface area contributed by atoms with Gasteiger partial charge in [-0.2, -0.15) is 0 Å². The Morgan fingerprint density at radius 1 is 1.27 bits per heavy atom. The number of rotatable bonds is 7. The first-order chi connectivity index (χ1) is 12.5. The molecule has 1 amide bonds. The highest BCUT2D eigenvalue weighted by Crippen LogP contribution is 2.19. The molecule has 5 nitrogen and oxygen atoms in total. The van der Waals surface area contributed by atoms with Crippen LogP contribution in [-0.2, 0) is 0 Å². The van der Waals surface area contributed by atoms with Gasteiger partial charge in [0.15, 0.2) is 5.11 Å². The molecule has 0 unspecified atom stereocenters. The van der Waals surface area contributed by atoms with Crippen LogP contribution in [-0.4, -0.2) is 60.6 Å². The molecular weight excluding hydrogens is 344 g/mol. The van der Waals surface area contributed by atoms with Crippen molar-refractivity contribution >= 4 is 28.9 Å². The molecule has 1 atom stereocenters. The minimum absolute atomic E-state index is 0.000322. The van der Waals surface area contributed by atoms with Crippen LogP contribution in [0.4, 0.5) is 5.69 Å². The van der Waals surface area contributed by atoms with Gasteiger partial charge in [0.2, 0.25) is 0 Å². The van der Waals surface area contributed by atoms with Gasteiger partial charge in [-0.1, -0.05) is 13.3 Å². The lowest BCUT2D eigenvalue weighted by Crippen LogP contribution is -2.40. The van der Waals surface area contributed by atoms with Gasteiger partial charge in [0.05, 0.1) is 0 Å². The second-order valence-corrected chi connectivity index (χ2v) is 7.51. The molecule has 26 heavy (non-hydrogen) atoms. The van der Waals surface area contributed by atoms with Crippen molar-refractivity contribution in [2.45, 2.75) is 45.1 Å². The lowest BCUT2D eigenvalue weighted by Gasteiger charge is -2.35. The van der Waals surface area contributed by atoms with E-state index in [1.165, 1.54) is 32.2 Å². The predicted octanol–water partition coefficient (Wildman–Crippen LogP) is 3.33. The van der Waals surface area contributed by atoms with Gasteiger partial charge in [-0.05, 0) is 68.7 Å². The second kappa shape index (κ2) is 10.5. The fourth-order valence-corrected chi connectivity index (χ4v) is 3.65. The minimum atomic E-state index is 0.000322. The monoisotopic (exact) mass is 376 g/mol. The van der Waals surface area contributed by atoms with Crippen molar-refractivity contribution in [2.75, 3.05) is 39.0 Å². The summed E-state index contributed by atoms with van der Waals surface area (Å²) in [5.41, 5.74) is 1.56. The van der Waals surface area contributed by atoms with Gasteiger partial charge in [0.1, 0.15) is 0 Å². The lowest BCUT2D eigenvalue weighted by atomic mass is 10.00. The zero-order chi connectivity index (χ0) is 18.9. The molecule has 1 fully saturated rings. The largest absolute Gasteiger partial charge is 0.362 e. The zero-order valence-corrected chi connectivity index (χ0v) is 17.1. The molecule has 2 rings (SSSR count). The summed E-state index contributed by atoms with van der Waals surface area (Å²) in [5.74, 6) is 0.000322. The van der Waals surface area contributed by atoms with Crippen LogP contribution in [0.1, 0.15) is 49.4 Å². The van der Waals surface area contributed by atoms with Crippen LogP contribution in [0.15, 0.2) is 24.3 Å². The number of amides is 1. The van der Waals surface area contributed by atoms with Crippen molar-refractivity contribution in [3.8, 4) is 0 Å². The first-order valence-corrected chi connectivity index (χ1v) is 10.0. The van der Waals surface area contributed by atoms with Crippen LogP contribution in [0.25, 0.3) is 0 Å². The SMILES string of the molecule is CC[C@H]1CCCCN1CCCNC(=S)Nc1ccc(C(=O)N(C)C)cc1. The molecule has 2 N–H and O–H groups in total. The van der Waals surface area contributed by atoms with Crippen molar-refractivity contribution in [1.82, 2.24) is 15.1 Å². The Kier molecular flexibility index (Phi) is 8.32. The van der Waals surface area contributed by atoms with E-state index in [1.807, 2.05) is 24.3 Å². The highest BCUT2D eigenvalue weighted by Gasteiger charge is 2.19. The van der Waals surface area contributed by atoms with E-state index >= 15 is 0 Å². The number of carbonyl (C=O) groups is 1. The summed E-state index contributed by atoms with van der Waals surface area (Å²) in [4.78, 5) is 16.1. The first kappa shape index (κ1) is 20.6. The maximum Gasteiger partial charge on any atom is 0.253 e. The summed E-state index contributed by atoms with van der Waals surface area (Å²) in [6.45, 7) is 5.53. The molecule has 144 valence electrons. The second-order valence-electron chi connectivity index (χ2n) is 7.11. The van der Waals surface area contributed by atoms with Gasteiger partial charge in [-0.3, -0.25) is 4.79 Å². The summed E-state index contributed by atoms with van der Waals surface area (Å²) in [5, 5.41) is 7.08. The van der Waals surface area contributed by atoms with E-state index in [9.17, 15) is 4.79 Å². The summed E-state index contributed by atoms with van der Waals surface area (Å²) in [7, 11) is 3.50. The van der Waals surface area contributed by atoms with Gasteiger partial charge in [-0.15, -0.1) is 0 Å². The Balaban J connectivity index is 1.69. The highest BCUT2D eigenvalue weighted by atomic mass is 32.1. The summed E-state index contributed by atoms with van der Waals surface area (Å²) in [6.07, 6.45) is 6.39. The van der Waals surface area contributed by atoms with E-state index in [4.69, 9.17) is 12.2 Å². The molecule has 1 aliphatic rings. The Morgan fingerprint density at radius 2 is 2.00 bits per heavy atom. The summed E-state index contributed by atoms with van der Waals surface area (Å²) in [6, 6.07) is 8.15. The fourth-order valence-electron chi connectivity index (χ4n) is 3.43. The molecule has 1 aromatic carbocycles. The van der Waals surface area contributed by atoms with Gasteiger partial charge >= 0.3 is 0 Å². The number of piperidine rings is 1. The van der Waals surface area contributed by atoms with Crippen LogP contribution >= 0.6 is 12.2 Å². The standard InChI is InChI=1S/C20H32N4OS/c1-4-18-8-5-6-14-24(18)15-7-13-21-20(26)22-17-11-9-16(10-12-17)19(25)23(2)3/h9-12,18H,4-8,13-15H2,1-3H3,(H2,21,22,26)/t18-/m0/s1. The molecule has 0 spiro atoms. The third kappa shape index (κ3) is 6.25. The molecule has 0 bridgehead atoms. The molecule has 1 saturated heterocycles. The van der Waals surface area contributed by atoms with Gasteiger partial charge in [0.25, 0.3) is 5.91 Å². The zero-order valence-electron chi connectivity index (χ0n) is 16.3. The number of hydrogen-bond acceptors (Lipinski definition) is 3. The van der Waals surface area contributed by atoms with Gasteiger partial charge in [-0.25, -0.2) is 0 Å². The smallest absolute Gasteiger partial charge is 0.253 e. The van der Waals surface area contributed by atoms with E-state index in [-0.39, 0.29) is 5.91 Å². The highest BCUT2D eigenvalue weighted by molar-refractivity contribution is 7.80. The van der Waals surface area contributed by atoms with Crippen molar-refractivity contribution in [1.29, 1.82) is 0 Å². The van der Waals surface area contributed by atoms with Crippen molar-refractivity contribution in [3.63, 3.8) is 0 Å². The van der Waals surface area contributed by atoms with Crippen molar-refractivity contribution < 1.29 is 4.79 Å². The number of thiocarbonyl (C=S) groups is 1. The van der Waals surface area contributed by atoms with Gasteiger partial charge < -0.3 is 20.4 Å². The molecule has 0 saturated carbocycles.